The fourth-order valence-corrected chi connectivity index (χ4v) is 2.49. The van der Waals surface area contributed by atoms with Gasteiger partial charge in [0.15, 0.2) is 5.76 Å². The van der Waals surface area contributed by atoms with Gasteiger partial charge in [-0.05, 0) is 5.56 Å². The van der Waals surface area contributed by atoms with E-state index in [9.17, 15) is 0 Å². The van der Waals surface area contributed by atoms with E-state index in [1.807, 2.05) is 48.5 Å². The van der Waals surface area contributed by atoms with Crippen molar-refractivity contribution in [1.29, 1.82) is 0 Å². The average molecular weight is 314 g/mol. The molecule has 0 aliphatic carbocycles. The number of halogens is 1. The predicted octanol–water partition coefficient (Wildman–Crippen LogP) is 4.90. The van der Waals surface area contributed by atoms with Crippen molar-refractivity contribution in [2.45, 2.75) is 5.33 Å². The molecule has 1 aromatic heterocycles. The molecule has 0 atom stereocenters. The van der Waals surface area contributed by atoms with Gasteiger partial charge < -0.3 is 4.52 Å². The first kappa shape index (κ1) is 12.2. The number of nitrogens with zero attached hydrogens (tertiary/aromatic N) is 1. The number of hydrogen-bond donors (Lipinski definition) is 0. The quantitative estimate of drug-likeness (QED) is 0.642. The molecule has 0 bridgehead atoms. The van der Waals surface area contributed by atoms with Crippen LogP contribution in [0.4, 0.5) is 0 Å². The summed E-state index contributed by atoms with van der Waals surface area (Å²) in [5.41, 5.74) is 4.15. The van der Waals surface area contributed by atoms with Crippen LogP contribution in [0.25, 0.3) is 22.5 Å². The smallest absolute Gasteiger partial charge is 0.174 e. The zero-order valence-electron chi connectivity index (χ0n) is 10.2. The minimum atomic E-state index is 0.674. The molecule has 0 saturated carbocycles. The Hall–Kier alpha value is -1.87. The van der Waals surface area contributed by atoms with Gasteiger partial charge in [-0.25, -0.2) is 0 Å². The molecule has 0 amide bonds. The molecular weight excluding hydrogens is 302 g/mol. The van der Waals surface area contributed by atoms with Gasteiger partial charge in [0.05, 0.1) is 5.56 Å². The molecular formula is C16H12BrNO. The monoisotopic (exact) mass is 313 g/mol. The van der Waals surface area contributed by atoms with E-state index in [0.29, 0.717) is 5.33 Å². The molecule has 0 fully saturated rings. The lowest BCUT2D eigenvalue weighted by Crippen LogP contribution is -1.85. The Morgan fingerprint density at radius 2 is 1.42 bits per heavy atom. The molecule has 3 rings (SSSR count). The maximum atomic E-state index is 5.55. The summed E-state index contributed by atoms with van der Waals surface area (Å²) in [4.78, 5) is 0. The van der Waals surface area contributed by atoms with Gasteiger partial charge in [-0.2, -0.15) is 0 Å². The Morgan fingerprint density at radius 3 is 2.00 bits per heavy atom. The second-order valence-corrected chi connectivity index (χ2v) is 4.76. The first-order valence-electron chi connectivity index (χ1n) is 6.05. The third-order valence-electron chi connectivity index (χ3n) is 2.99. The molecule has 0 N–H and O–H groups in total. The lowest BCUT2D eigenvalue weighted by molar-refractivity contribution is 0.427. The molecule has 2 nitrogen and oxygen atoms in total. The molecule has 0 aliphatic heterocycles. The van der Waals surface area contributed by atoms with Crippen LogP contribution in [0.3, 0.4) is 0 Å². The zero-order valence-corrected chi connectivity index (χ0v) is 11.8. The van der Waals surface area contributed by atoms with Crippen LogP contribution in [-0.2, 0) is 5.33 Å². The Morgan fingerprint density at radius 1 is 0.842 bits per heavy atom. The van der Waals surface area contributed by atoms with Gasteiger partial charge in [0, 0.05) is 10.9 Å². The van der Waals surface area contributed by atoms with Crippen LogP contribution in [0.15, 0.2) is 65.2 Å². The van der Waals surface area contributed by atoms with E-state index in [-0.39, 0.29) is 0 Å². The largest absolute Gasteiger partial charge is 0.355 e. The summed E-state index contributed by atoms with van der Waals surface area (Å²) in [5.74, 6) is 0.821. The first-order chi connectivity index (χ1) is 9.40. The van der Waals surface area contributed by atoms with Crippen LogP contribution < -0.4 is 0 Å². The van der Waals surface area contributed by atoms with Crippen LogP contribution in [-0.4, -0.2) is 5.16 Å². The van der Waals surface area contributed by atoms with Gasteiger partial charge in [-0.3, -0.25) is 0 Å². The van der Waals surface area contributed by atoms with Crippen molar-refractivity contribution in [3.05, 3.63) is 66.4 Å². The SMILES string of the molecule is BrCc1noc(-c2ccccc2)c1-c1ccccc1. The van der Waals surface area contributed by atoms with Crippen molar-refractivity contribution < 1.29 is 4.52 Å². The maximum absolute atomic E-state index is 5.55. The molecule has 0 aliphatic rings. The molecule has 1 heterocycles. The summed E-state index contributed by atoms with van der Waals surface area (Å²) >= 11 is 3.47. The van der Waals surface area contributed by atoms with Crippen molar-refractivity contribution in [3.63, 3.8) is 0 Å². The van der Waals surface area contributed by atoms with Crippen LogP contribution in [0.1, 0.15) is 5.69 Å². The molecule has 0 radical (unpaired) electrons. The van der Waals surface area contributed by atoms with Gasteiger partial charge >= 0.3 is 0 Å². The van der Waals surface area contributed by atoms with Crippen molar-refractivity contribution in [1.82, 2.24) is 5.16 Å². The second kappa shape index (κ2) is 5.41. The summed E-state index contributed by atoms with van der Waals surface area (Å²) in [5, 5.41) is 4.84. The minimum Gasteiger partial charge on any atom is -0.355 e. The van der Waals surface area contributed by atoms with E-state index in [1.54, 1.807) is 0 Å². The van der Waals surface area contributed by atoms with E-state index in [1.165, 1.54) is 0 Å². The lowest BCUT2D eigenvalue weighted by atomic mass is 10.00. The van der Waals surface area contributed by atoms with Crippen molar-refractivity contribution >= 4 is 15.9 Å². The van der Waals surface area contributed by atoms with Gasteiger partial charge in [-0.1, -0.05) is 81.8 Å². The third-order valence-corrected chi connectivity index (χ3v) is 3.52. The average Bonchev–Trinajstić information content (AvgIpc) is 2.93. The van der Waals surface area contributed by atoms with E-state index in [4.69, 9.17) is 4.52 Å². The number of hydrogen-bond acceptors (Lipinski definition) is 2. The van der Waals surface area contributed by atoms with Crippen molar-refractivity contribution in [3.8, 4) is 22.5 Å². The lowest BCUT2D eigenvalue weighted by Gasteiger charge is -2.03. The van der Waals surface area contributed by atoms with E-state index in [0.717, 1.165) is 28.1 Å². The molecule has 19 heavy (non-hydrogen) atoms. The highest BCUT2D eigenvalue weighted by molar-refractivity contribution is 9.08. The molecule has 94 valence electrons. The summed E-state index contributed by atoms with van der Waals surface area (Å²) in [6, 6.07) is 20.3. The predicted molar refractivity (Wildman–Crippen MR) is 80.0 cm³/mol. The van der Waals surface area contributed by atoms with Crippen molar-refractivity contribution in [2.24, 2.45) is 0 Å². The number of alkyl halides is 1. The Balaban J connectivity index is 2.20. The Labute approximate surface area is 120 Å². The molecule has 2 aromatic carbocycles. The summed E-state index contributed by atoms with van der Waals surface area (Å²) in [6.45, 7) is 0. The standard InChI is InChI=1S/C16H12BrNO/c17-11-14-15(12-7-3-1-4-8-12)16(19-18-14)13-9-5-2-6-10-13/h1-10H,11H2. The van der Waals surface area contributed by atoms with Crippen LogP contribution in [0.2, 0.25) is 0 Å². The van der Waals surface area contributed by atoms with E-state index in [2.05, 4.69) is 33.2 Å². The van der Waals surface area contributed by atoms with Crippen LogP contribution in [0, 0.1) is 0 Å². The highest BCUT2D eigenvalue weighted by Gasteiger charge is 2.17. The Bertz CT molecular complexity index is 662. The molecule has 3 heteroatoms. The number of rotatable bonds is 3. The highest BCUT2D eigenvalue weighted by atomic mass is 79.9. The number of aromatic nitrogens is 1. The van der Waals surface area contributed by atoms with E-state index < -0.39 is 0 Å². The van der Waals surface area contributed by atoms with Gasteiger partial charge in [0.2, 0.25) is 0 Å². The first-order valence-corrected chi connectivity index (χ1v) is 7.17. The number of benzene rings is 2. The van der Waals surface area contributed by atoms with Gasteiger partial charge in [-0.15, -0.1) is 0 Å². The van der Waals surface area contributed by atoms with Gasteiger partial charge in [0.25, 0.3) is 0 Å². The summed E-state index contributed by atoms with van der Waals surface area (Å²) < 4.78 is 5.55. The topological polar surface area (TPSA) is 26.0 Å². The molecule has 0 spiro atoms. The molecule has 0 saturated heterocycles. The highest BCUT2D eigenvalue weighted by Crippen LogP contribution is 2.35. The van der Waals surface area contributed by atoms with Gasteiger partial charge in [0.1, 0.15) is 5.69 Å². The van der Waals surface area contributed by atoms with Crippen molar-refractivity contribution in [2.75, 3.05) is 0 Å². The minimum absolute atomic E-state index is 0.674. The fraction of sp³-hybridized carbons (Fsp3) is 0.0625. The third kappa shape index (κ3) is 2.34. The molecule has 3 aromatic rings. The summed E-state index contributed by atoms with van der Waals surface area (Å²) in [7, 11) is 0. The zero-order chi connectivity index (χ0) is 13.1. The summed E-state index contributed by atoms with van der Waals surface area (Å²) in [6.07, 6.45) is 0. The second-order valence-electron chi connectivity index (χ2n) is 4.20. The van der Waals surface area contributed by atoms with Crippen LogP contribution in [0.5, 0.6) is 0 Å². The Kier molecular flexibility index (Phi) is 3.47. The normalized spacial score (nSPS) is 10.6. The maximum Gasteiger partial charge on any atom is 0.174 e. The van der Waals surface area contributed by atoms with E-state index >= 15 is 0 Å². The fourth-order valence-electron chi connectivity index (χ4n) is 2.10. The molecule has 0 unspecified atom stereocenters. The van der Waals surface area contributed by atoms with Crippen LogP contribution >= 0.6 is 15.9 Å².